The van der Waals surface area contributed by atoms with Crippen molar-refractivity contribution in [3.8, 4) is 17.3 Å². The van der Waals surface area contributed by atoms with Gasteiger partial charge < -0.3 is 15.2 Å². The first-order chi connectivity index (χ1) is 11.2. The first-order valence-electron chi connectivity index (χ1n) is 7.37. The molecule has 0 unspecified atom stereocenters. The molecule has 2 heterocycles. The monoisotopic (exact) mass is 327 g/mol. The Morgan fingerprint density at radius 3 is 2.57 bits per heavy atom. The van der Waals surface area contributed by atoms with Crippen molar-refractivity contribution < 1.29 is 0 Å². The Hall–Kier alpha value is -2.30. The van der Waals surface area contributed by atoms with Gasteiger partial charge in [-0.25, -0.2) is 4.98 Å². The Kier molecular flexibility index (Phi) is 4.65. The van der Waals surface area contributed by atoms with E-state index in [0.717, 1.165) is 37.4 Å². The smallest absolute Gasteiger partial charge is 0.270 e. The third-order valence-corrected chi connectivity index (χ3v) is 4.41. The Labute approximate surface area is 138 Å². The number of nitrogens with zero attached hydrogens (tertiary/aromatic N) is 3. The molecule has 7 heteroatoms. The van der Waals surface area contributed by atoms with Crippen LogP contribution in [0.2, 0.25) is 0 Å². The van der Waals surface area contributed by atoms with Crippen LogP contribution in [0.4, 0.5) is 5.69 Å². The number of benzene rings is 1. The molecule has 0 bridgehead atoms. The van der Waals surface area contributed by atoms with E-state index in [9.17, 15) is 10.1 Å². The number of nitriles is 1. The molecule has 1 saturated heterocycles. The van der Waals surface area contributed by atoms with Gasteiger partial charge in [-0.1, -0.05) is 23.9 Å². The minimum absolute atomic E-state index is 0.0534. The molecule has 118 valence electrons. The zero-order valence-electron chi connectivity index (χ0n) is 12.8. The van der Waals surface area contributed by atoms with E-state index in [1.807, 2.05) is 36.6 Å². The predicted molar refractivity (Wildman–Crippen MR) is 91.9 cm³/mol. The topological polar surface area (TPSA) is 84.8 Å². The lowest BCUT2D eigenvalue weighted by molar-refractivity contribution is 0.589. The first kappa shape index (κ1) is 15.6. The largest absolute Gasteiger partial charge is 0.369 e. The Balaban J connectivity index is 1.97. The van der Waals surface area contributed by atoms with Crippen LogP contribution in [0, 0.1) is 11.3 Å². The average molecular weight is 327 g/mol. The van der Waals surface area contributed by atoms with Gasteiger partial charge in [0.1, 0.15) is 11.6 Å². The molecule has 0 aliphatic carbocycles. The Bertz CT molecular complexity index is 788. The summed E-state index contributed by atoms with van der Waals surface area (Å²) in [5.74, 6) is 0. The number of nitrogens with one attached hydrogen (secondary N) is 2. The fourth-order valence-corrected chi connectivity index (χ4v) is 2.99. The third-order valence-electron chi connectivity index (χ3n) is 3.83. The molecule has 0 spiro atoms. The van der Waals surface area contributed by atoms with Crippen LogP contribution in [0.1, 0.15) is 5.56 Å². The molecular weight excluding hydrogens is 310 g/mol. The van der Waals surface area contributed by atoms with Gasteiger partial charge in [-0.2, -0.15) is 5.26 Å². The van der Waals surface area contributed by atoms with Crippen molar-refractivity contribution in [2.24, 2.45) is 0 Å². The molecular formula is C16H17N5OS. The van der Waals surface area contributed by atoms with Gasteiger partial charge in [0, 0.05) is 37.4 Å². The molecule has 1 aromatic heterocycles. The number of thioether (sulfide) groups is 1. The van der Waals surface area contributed by atoms with Crippen LogP contribution in [0.5, 0.6) is 0 Å². The summed E-state index contributed by atoms with van der Waals surface area (Å²) in [4.78, 5) is 21.3. The minimum Gasteiger partial charge on any atom is -0.369 e. The molecule has 0 atom stereocenters. The van der Waals surface area contributed by atoms with Gasteiger partial charge in [-0.3, -0.25) is 4.79 Å². The molecule has 1 aliphatic rings. The van der Waals surface area contributed by atoms with E-state index < -0.39 is 5.56 Å². The summed E-state index contributed by atoms with van der Waals surface area (Å²) in [5, 5.41) is 13.1. The van der Waals surface area contributed by atoms with Gasteiger partial charge in [0.25, 0.3) is 5.56 Å². The van der Waals surface area contributed by atoms with E-state index in [4.69, 9.17) is 0 Å². The number of hydrogen-bond acceptors (Lipinski definition) is 6. The number of piperazine rings is 1. The van der Waals surface area contributed by atoms with E-state index in [2.05, 4.69) is 20.2 Å². The maximum absolute atomic E-state index is 12.0. The molecule has 2 aromatic rings. The summed E-state index contributed by atoms with van der Waals surface area (Å²) in [6.07, 6.45) is 1.83. The van der Waals surface area contributed by atoms with Crippen molar-refractivity contribution >= 4 is 17.4 Å². The van der Waals surface area contributed by atoms with Crippen molar-refractivity contribution in [2.75, 3.05) is 37.3 Å². The summed E-state index contributed by atoms with van der Waals surface area (Å²) < 4.78 is 0. The Morgan fingerprint density at radius 2 is 1.96 bits per heavy atom. The zero-order chi connectivity index (χ0) is 16.2. The third kappa shape index (κ3) is 3.23. The van der Waals surface area contributed by atoms with Crippen LogP contribution >= 0.6 is 11.8 Å². The highest BCUT2D eigenvalue weighted by Crippen LogP contribution is 2.24. The first-order valence-corrected chi connectivity index (χ1v) is 8.60. The molecule has 1 fully saturated rings. The maximum Gasteiger partial charge on any atom is 0.270 e. The number of anilines is 1. The minimum atomic E-state index is -0.395. The quantitative estimate of drug-likeness (QED) is 0.655. The molecule has 6 nitrogen and oxygen atoms in total. The summed E-state index contributed by atoms with van der Waals surface area (Å²) in [5.41, 5.74) is 2.02. The van der Waals surface area contributed by atoms with Gasteiger partial charge in [0.15, 0.2) is 5.16 Å². The van der Waals surface area contributed by atoms with Crippen LogP contribution in [0.3, 0.4) is 0 Å². The summed E-state index contributed by atoms with van der Waals surface area (Å²) in [6.45, 7) is 3.91. The fourth-order valence-electron chi connectivity index (χ4n) is 2.61. The zero-order valence-corrected chi connectivity index (χ0v) is 13.6. The number of aromatic nitrogens is 2. The van der Waals surface area contributed by atoms with Crippen LogP contribution in [0.25, 0.3) is 11.3 Å². The molecule has 0 saturated carbocycles. The lowest BCUT2D eigenvalue weighted by atomic mass is 10.1. The van der Waals surface area contributed by atoms with E-state index in [0.29, 0.717) is 10.9 Å². The molecule has 0 amide bonds. The molecule has 3 rings (SSSR count). The molecule has 0 radical (unpaired) electrons. The van der Waals surface area contributed by atoms with Gasteiger partial charge in [-0.05, 0) is 18.4 Å². The van der Waals surface area contributed by atoms with Gasteiger partial charge in [-0.15, -0.1) is 0 Å². The number of hydrogen-bond donors (Lipinski definition) is 2. The van der Waals surface area contributed by atoms with Crippen molar-refractivity contribution in [2.45, 2.75) is 5.16 Å². The molecule has 1 aliphatic heterocycles. The highest BCUT2D eigenvalue weighted by molar-refractivity contribution is 7.98. The Morgan fingerprint density at radius 1 is 1.26 bits per heavy atom. The lowest BCUT2D eigenvalue weighted by Gasteiger charge is -2.29. The second-order valence-corrected chi connectivity index (χ2v) is 5.99. The number of H-pyrrole nitrogens is 1. The highest BCUT2D eigenvalue weighted by Gasteiger charge is 2.14. The standard InChI is InChI=1S/C16H17N5OS/c1-23-16-19-14(13(10-17)15(22)20-16)11-2-4-12(5-3-11)21-8-6-18-7-9-21/h2-5,18H,6-9H2,1H3,(H,19,20,22). The number of rotatable bonds is 3. The molecule has 1 aromatic carbocycles. The van der Waals surface area contributed by atoms with E-state index in [1.165, 1.54) is 11.8 Å². The van der Waals surface area contributed by atoms with Gasteiger partial charge in [0.05, 0.1) is 5.69 Å². The van der Waals surface area contributed by atoms with Crippen molar-refractivity contribution in [1.82, 2.24) is 15.3 Å². The second kappa shape index (κ2) is 6.86. The SMILES string of the molecule is CSc1nc(-c2ccc(N3CCNCC3)cc2)c(C#N)c(=O)[nH]1. The fraction of sp³-hybridized carbons (Fsp3) is 0.312. The van der Waals surface area contributed by atoms with Crippen molar-refractivity contribution in [3.63, 3.8) is 0 Å². The van der Waals surface area contributed by atoms with E-state index >= 15 is 0 Å². The van der Waals surface area contributed by atoms with Crippen molar-refractivity contribution in [1.29, 1.82) is 5.26 Å². The lowest BCUT2D eigenvalue weighted by Crippen LogP contribution is -2.43. The summed E-state index contributed by atoms with van der Waals surface area (Å²) in [7, 11) is 0. The maximum atomic E-state index is 12.0. The predicted octanol–water partition coefficient (Wildman–Crippen LogP) is 1.44. The normalized spacial score (nSPS) is 14.5. The molecule has 23 heavy (non-hydrogen) atoms. The summed E-state index contributed by atoms with van der Waals surface area (Å²) >= 11 is 1.35. The summed E-state index contributed by atoms with van der Waals surface area (Å²) in [6, 6.07) is 9.83. The van der Waals surface area contributed by atoms with E-state index in [1.54, 1.807) is 0 Å². The molecule has 2 N–H and O–H groups in total. The highest BCUT2D eigenvalue weighted by atomic mass is 32.2. The van der Waals surface area contributed by atoms with E-state index in [-0.39, 0.29) is 5.56 Å². The van der Waals surface area contributed by atoms with Crippen molar-refractivity contribution in [3.05, 3.63) is 40.2 Å². The second-order valence-electron chi connectivity index (χ2n) is 5.19. The average Bonchev–Trinajstić information content (AvgIpc) is 2.62. The van der Waals surface area contributed by atoms with Crippen LogP contribution in [0.15, 0.2) is 34.2 Å². The van der Waals surface area contributed by atoms with Crippen LogP contribution in [-0.4, -0.2) is 42.4 Å². The van der Waals surface area contributed by atoms with Gasteiger partial charge in [0.2, 0.25) is 0 Å². The van der Waals surface area contributed by atoms with Crippen LogP contribution in [-0.2, 0) is 0 Å². The number of aromatic amines is 1. The van der Waals surface area contributed by atoms with Gasteiger partial charge >= 0.3 is 0 Å². The van der Waals surface area contributed by atoms with Crippen LogP contribution < -0.4 is 15.8 Å².